The molecule has 2 rings (SSSR count). The van der Waals surface area contributed by atoms with Crippen molar-refractivity contribution >= 4 is 73.3 Å². The quantitative estimate of drug-likeness (QED) is 0.244. The van der Waals surface area contributed by atoms with Crippen LogP contribution >= 0.6 is 44.1 Å². The number of rotatable bonds is 2. The minimum atomic E-state index is -4.33. The van der Waals surface area contributed by atoms with Crippen molar-refractivity contribution in [1.82, 2.24) is 15.2 Å². The van der Waals surface area contributed by atoms with E-state index in [1.54, 1.807) is 11.0 Å². The first kappa shape index (κ1) is 21.6. The average molecular weight is 526 g/mol. The van der Waals surface area contributed by atoms with Crippen LogP contribution < -0.4 is 17.2 Å². The molecule has 21 heavy (non-hydrogen) atoms. The van der Waals surface area contributed by atoms with Gasteiger partial charge in [0.1, 0.15) is 25.1 Å². The third-order valence-corrected chi connectivity index (χ3v) is 1.68. The molecule has 0 unspecified atom stereocenters. The van der Waals surface area contributed by atoms with Crippen molar-refractivity contribution in [1.29, 1.82) is 0 Å². The number of hydrogen-bond donors (Lipinski definition) is 0. The summed E-state index contributed by atoms with van der Waals surface area (Å²) in [4.78, 5) is 6.65. The predicted molar refractivity (Wildman–Crippen MR) is 87.3 cm³/mol. The Balaban J connectivity index is 0.000000495. The van der Waals surface area contributed by atoms with Gasteiger partial charge in [0.05, 0.1) is 0 Å². The standard InChI is InChI=1S/C9H11N4O.6ClH.Sb/c1-12(2)7-14-13-9-6-4-3-5-8(9)10-11-13;;;;;;;/h3-7H,1-2H3;6*1H;/q+1;;;;;;;+5/p-6. The van der Waals surface area contributed by atoms with Crippen LogP contribution in [0.1, 0.15) is 0 Å². The van der Waals surface area contributed by atoms with Crippen molar-refractivity contribution in [2.45, 2.75) is 0 Å². The maximum absolute atomic E-state index is 5.26. The molecule has 0 amide bonds. The summed E-state index contributed by atoms with van der Waals surface area (Å²) in [5.41, 5.74) is 1.67. The molecule has 5 nitrogen and oxygen atoms in total. The Kier molecular flexibility index (Phi) is 8.75. The zero-order chi connectivity index (χ0) is 15.4. The van der Waals surface area contributed by atoms with E-state index in [2.05, 4.69) is 10.3 Å². The van der Waals surface area contributed by atoms with Crippen molar-refractivity contribution in [3.05, 3.63) is 24.3 Å². The van der Waals surface area contributed by atoms with Gasteiger partial charge in [0.25, 0.3) is 0 Å². The summed E-state index contributed by atoms with van der Waals surface area (Å²) in [5, 5.41) is 7.80. The van der Waals surface area contributed by atoms with Crippen LogP contribution in [-0.4, -0.2) is 51.9 Å². The summed E-state index contributed by atoms with van der Waals surface area (Å²) >= 11 is -4.33. The van der Waals surface area contributed by atoms with E-state index in [1.807, 2.05) is 38.4 Å². The van der Waals surface area contributed by atoms with E-state index in [-0.39, 0.29) is 12.4 Å². The van der Waals surface area contributed by atoms with Crippen LogP contribution in [0, 0.1) is 0 Å². The van der Waals surface area contributed by atoms with Crippen molar-refractivity contribution in [3.8, 4) is 0 Å². The molecule has 120 valence electrons. The van der Waals surface area contributed by atoms with Crippen LogP contribution in [0.15, 0.2) is 24.3 Å². The number of para-hydroxylation sites is 1. The fourth-order valence-corrected chi connectivity index (χ4v) is 1.06. The van der Waals surface area contributed by atoms with Gasteiger partial charge >= 0.3 is 62.2 Å². The second kappa shape index (κ2) is 8.49. The van der Waals surface area contributed by atoms with Gasteiger partial charge in [-0.05, 0) is 17.3 Å². The van der Waals surface area contributed by atoms with Gasteiger partial charge in [-0.25, -0.2) is 4.58 Å². The zero-order valence-electron chi connectivity index (χ0n) is 10.8. The molecular weight excluding hydrogens is 515 g/mol. The second-order valence-corrected chi connectivity index (χ2v) is 41.7. The summed E-state index contributed by atoms with van der Waals surface area (Å²) in [7, 11) is 29.0. The van der Waals surface area contributed by atoms with Gasteiger partial charge < -0.3 is 12.4 Å². The van der Waals surface area contributed by atoms with E-state index in [9.17, 15) is 0 Å². The predicted octanol–water partition coefficient (Wildman–Crippen LogP) is 0.231. The first-order chi connectivity index (χ1) is 9.01. The van der Waals surface area contributed by atoms with E-state index >= 15 is 0 Å². The first-order valence-electron chi connectivity index (χ1n) is 5.09. The van der Waals surface area contributed by atoms with Crippen LogP contribution in [0.5, 0.6) is 0 Å². The molecule has 1 aromatic heterocycles. The number of nitrogens with zero attached hydrogens (tertiary/aromatic N) is 4. The molecule has 0 N–H and O–H groups in total. The fourth-order valence-electron chi connectivity index (χ4n) is 1.06. The van der Waals surface area contributed by atoms with E-state index in [4.69, 9.17) is 49.0 Å². The van der Waals surface area contributed by atoms with Crippen molar-refractivity contribution in [2.24, 2.45) is 0 Å². The number of hydrogen-bond acceptors (Lipinski definition) is 3. The van der Waals surface area contributed by atoms with E-state index in [1.165, 1.54) is 4.85 Å². The Labute approximate surface area is 147 Å². The molecule has 0 radical (unpaired) electrons. The van der Waals surface area contributed by atoms with Crippen molar-refractivity contribution in [3.63, 3.8) is 0 Å². The molecule has 2 aromatic rings. The summed E-state index contributed by atoms with van der Waals surface area (Å²) in [6.45, 7) is 0. The van der Waals surface area contributed by atoms with Gasteiger partial charge in [-0.15, -0.1) is 5.10 Å². The second-order valence-electron chi connectivity index (χ2n) is 3.76. The van der Waals surface area contributed by atoms with Crippen LogP contribution in [0.3, 0.4) is 0 Å². The van der Waals surface area contributed by atoms with Gasteiger partial charge in [0, 0.05) is 0 Å². The molecule has 1 heterocycles. The molecule has 0 fully saturated rings. The molecule has 0 saturated heterocycles. The Morgan fingerprint density at radius 2 is 1.67 bits per heavy atom. The topological polar surface area (TPSA) is 43.0 Å². The van der Waals surface area contributed by atoms with Crippen LogP contribution in [0.25, 0.3) is 11.0 Å². The number of aromatic nitrogens is 3. The minimum absolute atomic E-state index is 0. The van der Waals surface area contributed by atoms with Gasteiger partial charge in [0.15, 0.2) is 0 Å². The van der Waals surface area contributed by atoms with Crippen molar-refractivity contribution < 1.29 is 21.8 Å². The number of halogens is 6. The molecule has 1 aromatic carbocycles. The molecule has 0 spiro atoms. The fraction of sp³-hybridized carbons (Fsp3) is 0.222. The summed E-state index contributed by atoms with van der Waals surface area (Å²) in [6.07, 6.45) is 1.56. The summed E-state index contributed by atoms with van der Waals surface area (Å²) < 4.78 is 1.79. The number of fused-ring (bicyclic) bond motifs is 1. The first-order valence-corrected chi connectivity index (χ1v) is 21.3. The normalized spacial score (nSPS) is 12.2. The molecule has 12 heteroatoms. The Morgan fingerprint density at radius 3 is 2.19 bits per heavy atom. The molecule has 0 bridgehead atoms. The van der Waals surface area contributed by atoms with Crippen LogP contribution in [0.4, 0.5) is 0 Å². The molecule has 0 saturated carbocycles. The molecule has 0 atom stereocenters. The average Bonchev–Trinajstić information content (AvgIpc) is 2.66. The summed E-state index contributed by atoms with van der Waals surface area (Å²) in [5.74, 6) is 0. The van der Waals surface area contributed by atoms with Crippen LogP contribution in [-0.2, 0) is 0 Å². The maximum atomic E-state index is 5.26. The molecular formula is C9H11Cl6N4OSb. The van der Waals surface area contributed by atoms with Gasteiger partial charge in [-0.2, -0.15) is 0 Å². The molecule has 0 aliphatic carbocycles. The zero-order valence-corrected chi connectivity index (χ0v) is 17.9. The number of benzene rings is 1. The van der Waals surface area contributed by atoms with Crippen molar-refractivity contribution in [2.75, 3.05) is 14.1 Å². The summed E-state index contributed by atoms with van der Waals surface area (Å²) in [6, 6.07) is 7.62. The SMILES string of the molecule is C[N+](C)=COn1nnc2ccccc21.[Cl-].[Cl][Sb]([Cl])([Cl])([Cl])[Cl]. The molecule has 0 aliphatic heterocycles. The van der Waals surface area contributed by atoms with Gasteiger partial charge in [0.2, 0.25) is 0 Å². The third kappa shape index (κ3) is 10.9. The monoisotopic (exact) mass is 522 g/mol. The van der Waals surface area contributed by atoms with Crippen LogP contribution in [0.2, 0.25) is 0 Å². The third-order valence-electron chi connectivity index (χ3n) is 1.68. The van der Waals surface area contributed by atoms with Gasteiger partial charge in [-0.1, -0.05) is 17.0 Å². The van der Waals surface area contributed by atoms with Gasteiger partial charge in [-0.3, -0.25) is 4.84 Å². The Morgan fingerprint density at radius 1 is 1.14 bits per heavy atom. The van der Waals surface area contributed by atoms with E-state index in [0.717, 1.165) is 11.0 Å². The Bertz CT molecular complexity index is 602. The molecule has 0 aliphatic rings. The Hall–Kier alpha value is 0.648. The van der Waals surface area contributed by atoms with E-state index < -0.39 is 11.7 Å². The van der Waals surface area contributed by atoms with E-state index in [0.29, 0.717) is 0 Å².